The van der Waals surface area contributed by atoms with Crippen molar-refractivity contribution in [2.45, 2.75) is 19.9 Å². The number of anilines is 1. The summed E-state index contributed by atoms with van der Waals surface area (Å²) in [6.45, 7) is 2.57. The monoisotopic (exact) mass is 402 g/mol. The highest BCUT2D eigenvalue weighted by atomic mass is 16.5. The molecule has 0 aliphatic heterocycles. The minimum Gasteiger partial charge on any atom is -0.484 e. The molecule has 2 amide bonds. The Morgan fingerprint density at radius 1 is 0.833 bits per heavy atom. The summed E-state index contributed by atoms with van der Waals surface area (Å²) < 4.78 is 5.69. The van der Waals surface area contributed by atoms with Crippen LogP contribution in [-0.2, 0) is 22.6 Å². The molecule has 5 heteroatoms. The molecule has 0 spiro atoms. The van der Waals surface area contributed by atoms with E-state index in [0.717, 1.165) is 12.0 Å². The molecule has 5 nitrogen and oxygen atoms in total. The van der Waals surface area contributed by atoms with Gasteiger partial charge in [-0.3, -0.25) is 9.59 Å². The highest BCUT2D eigenvalue weighted by molar-refractivity contribution is 5.88. The van der Waals surface area contributed by atoms with Crippen LogP contribution in [0, 0.1) is 0 Å². The molecule has 3 aromatic rings. The van der Waals surface area contributed by atoms with Crippen molar-refractivity contribution < 1.29 is 14.3 Å². The number of rotatable bonds is 9. The fourth-order valence-electron chi connectivity index (χ4n) is 3.08. The van der Waals surface area contributed by atoms with Crippen LogP contribution in [0.1, 0.15) is 18.1 Å². The first kappa shape index (κ1) is 21.1. The Labute approximate surface area is 177 Å². The van der Waals surface area contributed by atoms with Gasteiger partial charge in [-0.15, -0.1) is 0 Å². The number of ether oxygens (including phenoxy) is 1. The summed E-state index contributed by atoms with van der Waals surface area (Å²) in [5, 5.41) is 2.71. The molecule has 154 valence electrons. The van der Waals surface area contributed by atoms with Crippen molar-refractivity contribution in [3.8, 4) is 5.75 Å². The SMILES string of the molecule is CC(=O)Nc1ccc(OCC(=O)N(CCc2ccccc2)Cc2ccccc2)cc1. The van der Waals surface area contributed by atoms with Crippen molar-refractivity contribution in [2.75, 3.05) is 18.5 Å². The standard InChI is InChI=1S/C25H26N2O3/c1-20(28)26-23-12-14-24(15-13-23)30-19-25(29)27(18-22-10-6-3-7-11-22)17-16-21-8-4-2-5-9-21/h2-15H,16-19H2,1H3,(H,26,28). The molecule has 0 radical (unpaired) electrons. The number of amides is 2. The van der Waals surface area contributed by atoms with Crippen LogP contribution in [0.5, 0.6) is 5.75 Å². The summed E-state index contributed by atoms with van der Waals surface area (Å²) in [7, 11) is 0. The minimum absolute atomic E-state index is 0.0406. The number of carbonyl (C=O) groups is 2. The number of benzene rings is 3. The minimum atomic E-state index is -0.131. The molecule has 0 saturated carbocycles. The number of nitrogens with one attached hydrogen (secondary N) is 1. The molecule has 0 unspecified atom stereocenters. The fourth-order valence-corrected chi connectivity index (χ4v) is 3.08. The Hall–Kier alpha value is -3.60. The van der Waals surface area contributed by atoms with Crippen molar-refractivity contribution in [1.82, 2.24) is 4.90 Å². The summed E-state index contributed by atoms with van der Waals surface area (Å²) in [6, 6.07) is 27.1. The average Bonchev–Trinajstić information content (AvgIpc) is 2.77. The van der Waals surface area contributed by atoms with Gasteiger partial charge in [0.25, 0.3) is 5.91 Å². The Kier molecular flexibility index (Phi) is 7.61. The van der Waals surface area contributed by atoms with Crippen LogP contribution in [0.3, 0.4) is 0 Å². The van der Waals surface area contributed by atoms with Crippen molar-refractivity contribution in [1.29, 1.82) is 0 Å². The lowest BCUT2D eigenvalue weighted by atomic mass is 10.1. The van der Waals surface area contributed by atoms with Gasteiger partial charge in [0.05, 0.1) is 0 Å². The highest BCUT2D eigenvalue weighted by Crippen LogP contribution is 2.16. The number of hydrogen-bond acceptors (Lipinski definition) is 3. The largest absolute Gasteiger partial charge is 0.484 e. The summed E-state index contributed by atoms with van der Waals surface area (Å²) in [4.78, 5) is 25.8. The van der Waals surface area contributed by atoms with Gasteiger partial charge in [0.2, 0.25) is 5.91 Å². The molecule has 0 atom stereocenters. The lowest BCUT2D eigenvalue weighted by Gasteiger charge is -2.23. The first-order chi connectivity index (χ1) is 14.6. The second-order valence-corrected chi connectivity index (χ2v) is 7.03. The second-order valence-electron chi connectivity index (χ2n) is 7.03. The van der Waals surface area contributed by atoms with Crippen LogP contribution in [0.4, 0.5) is 5.69 Å². The molecule has 0 aliphatic carbocycles. The maximum absolute atomic E-state index is 12.9. The van der Waals surface area contributed by atoms with E-state index in [1.54, 1.807) is 24.3 Å². The van der Waals surface area contributed by atoms with Crippen LogP contribution in [-0.4, -0.2) is 29.9 Å². The van der Waals surface area contributed by atoms with Crippen LogP contribution >= 0.6 is 0 Å². The second kappa shape index (κ2) is 10.8. The quantitative estimate of drug-likeness (QED) is 0.581. The molecule has 30 heavy (non-hydrogen) atoms. The van der Waals surface area contributed by atoms with E-state index in [2.05, 4.69) is 17.4 Å². The smallest absolute Gasteiger partial charge is 0.260 e. The first-order valence-electron chi connectivity index (χ1n) is 9.96. The molecular weight excluding hydrogens is 376 g/mol. The molecular formula is C25H26N2O3. The zero-order valence-corrected chi connectivity index (χ0v) is 17.1. The van der Waals surface area contributed by atoms with Gasteiger partial charge in [-0.2, -0.15) is 0 Å². The van der Waals surface area contributed by atoms with E-state index in [1.165, 1.54) is 12.5 Å². The van der Waals surface area contributed by atoms with E-state index in [4.69, 9.17) is 4.74 Å². The van der Waals surface area contributed by atoms with Crippen molar-refractivity contribution >= 4 is 17.5 Å². The molecule has 3 rings (SSSR count). The summed E-state index contributed by atoms with van der Waals surface area (Å²) in [5.41, 5.74) is 2.96. The normalized spacial score (nSPS) is 10.3. The van der Waals surface area contributed by atoms with E-state index in [-0.39, 0.29) is 18.4 Å². The molecule has 0 heterocycles. The Bertz CT molecular complexity index is 941. The average molecular weight is 402 g/mol. The maximum atomic E-state index is 12.9. The molecule has 0 fully saturated rings. The zero-order valence-electron chi connectivity index (χ0n) is 17.1. The third-order valence-electron chi connectivity index (χ3n) is 4.62. The van der Waals surface area contributed by atoms with Gasteiger partial charge in [0.15, 0.2) is 6.61 Å². The lowest BCUT2D eigenvalue weighted by molar-refractivity contribution is -0.134. The summed E-state index contributed by atoms with van der Waals surface area (Å²) in [5.74, 6) is 0.384. The number of carbonyl (C=O) groups excluding carboxylic acids is 2. The van der Waals surface area contributed by atoms with E-state index >= 15 is 0 Å². The third-order valence-corrected chi connectivity index (χ3v) is 4.62. The predicted molar refractivity (Wildman–Crippen MR) is 118 cm³/mol. The lowest BCUT2D eigenvalue weighted by Crippen LogP contribution is -2.36. The van der Waals surface area contributed by atoms with Gasteiger partial charge in [0.1, 0.15) is 5.75 Å². The molecule has 3 aromatic carbocycles. The van der Waals surface area contributed by atoms with Gasteiger partial charge in [-0.25, -0.2) is 0 Å². The summed E-state index contributed by atoms with van der Waals surface area (Å²) >= 11 is 0. The fraction of sp³-hybridized carbons (Fsp3) is 0.200. The van der Waals surface area contributed by atoms with Crippen molar-refractivity contribution in [3.05, 3.63) is 96.1 Å². The van der Waals surface area contributed by atoms with E-state index in [9.17, 15) is 9.59 Å². The van der Waals surface area contributed by atoms with Crippen LogP contribution in [0.2, 0.25) is 0 Å². The van der Waals surface area contributed by atoms with Gasteiger partial charge >= 0.3 is 0 Å². The molecule has 0 aromatic heterocycles. The topological polar surface area (TPSA) is 58.6 Å². The Morgan fingerprint density at radius 2 is 1.43 bits per heavy atom. The molecule has 0 saturated heterocycles. The first-order valence-corrected chi connectivity index (χ1v) is 9.96. The van der Waals surface area contributed by atoms with Gasteiger partial charge in [-0.1, -0.05) is 60.7 Å². The number of nitrogens with zero attached hydrogens (tertiary/aromatic N) is 1. The number of hydrogen-bond donors (Lipinski definition) is 1. The van der Waals surface area contributed by atoms with Crippen LogP contribution in [0.15, 0.2) is 84.9 Å². The van der Waals surface area contributed by atoms with Crippen molar-refractivity contribution in [3.63, 3.8) is 0 Å². The van der Waals surface area contributed by atoms with Crippen LogP contribution in [0.25, 0.3) is 0 Å². The maximum Gasteiger partial charge on any atom is 0.260 e. The third kappa shape index (κ3) is 6.78. The van der Waals surface area contributed by atoms with E-state index < -0.39 is 0 Å². The summed E-state index contributed by atoms with van der Waals surface area (Å²) in [6.07, 6.45) is 0.783. The Balaban J connectivity index is 1.61. The predicted octanol–water partition coefficient (Wildman–Crippen LogP) is 4.30. The van der Waals surface area contributed by atoms with E-state index in [1.807, 2.05) is 53.4 Å². The molecule has 0 aliphatic rings. The van der Waals surface area contributed by atoms with Gasteiger partial charge < -0.3 is 15.0 Å². The zero-order chi connectivity index (χ0) is 21.2. The van der Waals surface area contributed by atoms with E-state index in [0.29, 0.717) is 24.5 Å². The molecule has 0 bridgehead atoms. The van der Waals surface area contributed by atoms with Gasteiger partial charge in [-0.05, 0) is 41.8 Å². The van der Waals surface area contributed by atoms with Crippen molar-refractivity contribution in [2.24, 2.45) is 0 Å². The van der Waals surface area contributed by atoms with Crippen LogP contribution < -0.4 is 10.1 Å². The Morgan fingerprint density at radius 3 is 2.03 bits per heavy atom. The van der Waals surface area contributed by atoms with Gasteiger partial charge in [0, 0.05) is 25.7 Å². The highest BCUT2D eigenvalue weighted by Gasteiger charge is 2.15. The molecule has 1 N–H and O–H groups in total.